The third-order valence-electron chi connectivity index (χ3n) is 6.47. The summed E-state index contributed by atoms with van der Waals surface area (Å²) in [4.78, 5) is 50.5. The molecule has 0 saturated heterocycles. The van der Waals surface area contributed by atoms with E-state index in [1.165, 1.54) is 13.8 Å². The molecule has 0 amide bonds. The fraction of sp³-hybridized carbons (Fsp3) is 0.333. The molecule has 0 radical (unpaired) electrons. The normalized spacial score (nSPS) is 15.6. The Kier molecular flexibility index (Phi) is 8.46. The van der Waals surface area contributed by atoms with E-state index in [0.29, 0.717) is 29.5 Å². The van der Waals surface area contributed by atoms with Crippen molar-refractivity contribution in [2.45, 2.75) is 39.5 Å². The zero-order valence-corrected chi connectivity index (χ0v) is 21.1. The van der Waals surface area contributed by atoms with Gasteiger partial charge in [0, 0.05) is 29.5 Å². The maximum Gasteiger partial charge on any atom is 0.306 e. The maximum atomic E-state index is 13.0. The Morgan fingerprint density at radius 2 is 1.30 bits per heavy atom. The van der Waals surface area contributed by atoms with Crippen molar-refractivity contribution >= 4 is 34.3 Å². The molecule has 4 bridgehead atoms. The first-order valence-corrected chi connectivity index (χ1v) is 12.4. The Hall–Kier alpha value is -3.84. The molecule has 0 N–H and O–H groups in total. The Balaban J connectivity index is 1.93. The molecule has 1 aliphatic heterocycles. The predicted octanol–water partition coefficient (Wildman–Crippen LogP) is 4.89. The van der Waals surface area contributed by atoms with E-state index < -0.39 is 0 Å². The topological polar surface area (TPSA) is 96.0 Å². The second kappa shape index (κ2) is 11.9. The van der Waals surface area contributed by atoms with Gasteiger partial charge in [0.05, 0.1) is 13.2 Å². The molecule has 1 aliphatic rings. The maximum absolute atomic E-state index is 13.0. The van der Waals surface area contributed by atoms with Gasteiger partial charge in [-0.2, -0.15) is 0 Å². The second-order valence-corrected chi connectivity index (χ2v) is 9.01. The standard InChI is InChI=1S/C30H30O7/c1-19(31)25-18-26-22-7-5-9-24(26)30(29(25)20(2)32)23-8-4-3-6-21(23)10-12-27(33)36-16-14-35-15-17-37-28(34)13-11-22/h3-9,18H,10-17H2,1-2H3. The fourth-order valence-electron chi connectivity index (χ4n) is 4.76. The summed E-state index contributed by atoms with van der Waals surface area (Å²) in [5.74, 6) is -1.16. The Bertz CT molecular complexity index is 1360. The van der Waals surface area contributed by atoms with Gasteiger partial charge in [0.1, 0.15) is 13.2 Å². The van der Waals surface area contributed by atoms with Crippen molar-refractivity contribution in [3.63, 3.8) is 0 Å². The SMILES string of the molecule is CC(=O)c1cc2c3cccc2c(c1C(C)=O)-c1ccccc1CCC(=O)OCCOCCOC(=O)CC3. The molecule has 0 aliphatic carbocycles. The summed E-state index contributed by atoms with van der Waals surface area (Å²) < 4.78 is 15.9. The fourth-order valence-corrected chi connectivity index (χ4v) is 4.76. The number of benzene rings is 3. The van der Waals surface area contributed by atoms with Crippen molar-refractivity contribution in [1.29, 1.82) is 0 Å². The van der Waals surface area contributed by atoms with E-state index in [2.05, 4.69) is 0 Å². The molecule has 4 rings (SSSR count). The highest BCUT2D eigenvalue weighted by atomic mass is 16.6. The Morgan fingerprint density at radius 1 is 0.676 bits per heavy atom. The van der Waals surface area contributed by atoms with Gasteiger partial charge in [-0.25, -0.2) is 0 Å². The van der Waals surface area contributed by atoms with Crippen molar-refractivity contribution in [3.8, 4) is 11.1 Å². The van der Waals surface area contributed by atoms with Gasteiger partial charge in [-0.05, 0) is 60.2 Å². The van der Waals surface area contributed by atoms with Crippen LogP contribution < -0.4 is 0 Å². The molecule has 192 valence electrons. The van der Waals surface area contributed by atoms with E-state index in [1.807, 2.05) is 42.5 Å². The summed E-state index contributed by atoms with van der Waals surface area (Å²) in [5, 5.41) is 1.61. The average Bonchev–Trinajstić information content (AvgIpc) is 2.88. The van der Waals surface area contributed by atoms with Crippen molar-refractivity contribution in [2.24, 2.45) is 0 Å². The molecular weight excluding hydrogens is 472 g/mol. The van der Waals surface area contributed by atoms with Gasteiger partial charge in [-0.15, -0.1) is 0 Å². The van der Waals surface area contributed by atoms with E-state index in [0.717, 1.165) is 27.5 Å². The van der Waals surface area contributed by atoms with Crippen molar-refractivity contribution in [3.05, 3.63) is 70.8 Å². The summed E-state index contributed by atoms with van der Waals surface area (Å²) in [5.41, 5.74) is 3.88. The van der Waals surface area contributed by atoms with Crippen LogP contribution in [0.2, 0.25) is 0 Å². The van der Waals surface area contributed by atoms with Crippen LogP contribution in [0.15, 0.2) is 48.5 Å². The molecule has 0 atom stereocenters. The van der Waals surface area contributed by atoms with Crippen LogP contribution in [-0.2, 0) is 36.6 Å². The first-order valence-electron chi connectivity index (χ1n) is 12.4. The minimum Gasteiger partial charge on any atom is -0.463 e. The molecule has 1 heterocycles. The van der Waals surface area contributed by atoms with Crippen LogP contribution in [0.4, 0.5) is 0 Å². The lowest BCUT2D eigenvalue weighted by Crippen LogP contribution is -2.15. The number of carbonyl (C=O) groups excluding carboxylic acids is 4. The molecule has 0 fully saturated rings. The lowest BCUT2D eigenvalue weighted by atomic mass is 9.83. The summed E-state index contributed by atoms with van der Waals surface area (Å²) in [6.45, 7) is 3.55. The molecule has 7 nitrogen and oxygen atoms in total. The molecule has 0 unspecified atom stereocenters. The zero-order chi connectivity index (χ0) is 26.4. The summed E-state index contributed by atoms with van der Waals surface area (Å²) in [6, 6.07) is 15.1. The highest BCUT2D eigenvalue weighted by Crippen LogP contribution is 2.39. The first-order chi connectivity index (χ1) is 17.9. The van der Waals surface area contributed by atoms with Crippen LogP contribution in [0.1, 0.15) is 58.5 Å². The van der Waals surface area contributed by atoms with Crippen LogP contribution in [0.25, 0.3) is 21.9 Å². The van der Waals surface area contributed by atoms with Crippen LogP contribution in [0.3, 0.4) is 0 Å². The molecule has 0 saturated carbocycles. The van der Waals surface area contributed by atoms with Gasteiger partial charge in [0.25, 0.3) is 0 Å². The van der Waals surface area contributed by atoms with E-state index in [4.69, 9.17) is 14.2 Å². The van der Waals surface area contributed by atoms with E-state index in [9.17, 15) is 19.2 Å². The van der Waals surface area contributed by atoms with Crippen LogP contribution >= 0.6 is 0 Å². The van der Waals surface area contributed by atoms with Crippen LogP contribution in [0, 0.1) is 0 Å². The van der Waals surface area contributed by atoms with Crippen LogP contribution in [-0.4, -0.2) is 49.9 Å². The minimum absolute atomic E-state index is 0.107. The molecule has 37 heavy (non-hydrogen) atoms. The van der Waals surface area contributed by atoms with Gasteiger partial charge < -0.3 is 14.2 Å². The largest absolute Gasteiger partial charge is 0.463 e. The van der Waals surface area contributed by atoms with Gasteiger partial charge >= 0.3 is 11.9 Å². The van der Waals surface area contributed by atoms with Gasteiger partial charge in [0.15, 0.2) is 11.6 Å². The molecule has 7 heteroatoms. The summed E-state index contributed by atoms with van der Waals surface area (Å²) >= 11 is 0. The monoisotopic (exact) mass is 502 g/mol. The number of carbonyl (C=O) groups is 4. The molecular formula is C30H30O7. The highest BCUT2D eigenvalue weighted by molar-refractivity contribution is 6.18. The quantitative estimate of drug-likeness (QED) is 0.363. The lowest BCUT2D eigenvalue weighted by molar-refractivity contribution is -0.146. The smallest absolute Gasteiger partial charge is 0.306 e. The number of cyclic esters (lactones) is 2. The van der Waals surface area contributed by atoms with Crippen molar-refractivity contribution in [2.75, 3.05) is 26.4 Å². The number of hydrogen-bond donors (Lipinski definition) is 0. The van der Waals surface area contributed by atoms with Crippen molar-refractivity contribution < 1.29 is 33.4 Å². The lowest BCUT2D eigenvalue weighted by Gasteiger charge is -2.19. The van der Waals surface area contributed by atoms with E-state index in [-0.39, 0.29) is 62.8 Å². The summed E-state index contributed by atoms with van der Waals surface area (Å²) in [7, 11) is 0. The highest BCUT2D eigenvalue weighted by Gasteiger charge is 2.23. The third-order valence-corrected chi connectivity index (χ3v) is 6.47. The number of fused-ring (bicyclic) bond motifs is 2. The minimum atomic E-state index is -0.362. The number of ketones is 2. The predicted molar refractivity (Wildman–Crippen MR) is 139 cm³/mol. The number of hydrogen-bond acceptors (Lipinski definition) is 7. The number of ether oxygens (including phenoxy) is 3. The second-order valence-electron chi connectivity index (χ2n) is 9.01. The number of esters is 2. The Labute approximate surface area is 215 Å². The van der Waals surface area contributed by atoms with E-state index >= 15 is 0 Å². The molecule has 3 aromatic rings. The number of aryl methyl sites for hydroxylation is 2. The molecule has 0 spiro atoms. The third kappa shape index (κ3) is 6.12. The zero-order valence-electron chi connectivity index (χ0n) is 21.1. The Morgan fingerprint density at radius 3 is 1.95 bits per heavy atom. The average molecular weight is 503 g/mol. The van der Waals surface area contributed by atoms with E-state index in [1.54, 1.807) is 6.07 Å². The van der Waals surface area contributed by atoms with Crippen LogP contribution in [0.5, 0.6) is 0 Å². The van der Waals surface area contributed by atoms with Gasteiger partial charge in [-0.3, -0.25) is 19.2 Å². The number of Topliss-reactive ketones (excluding diaryl/α,β-unsaturated/α-hetero) is 2. The first kappa shape index (κ1) is 26.2. The van der Waals surface area contributed by atoms with Gasteiger partial charge in [-0.1, -0.05) is 42.5 Å². The van der Waals surface area contributed by atoms with Crippen molar-refractivity contribution in [1.82, 2.24) is 0 Å². The molecule has 3 aromatic carbocycles. The molecule has 0 aromatic heterocycles. The van der Waals surface area contributed by atoms with Gasteiger partial charge in [0.2, 0.25) is 0 Å². The summed E-state index contributed by atoms with van der Waals surface area (Å²) in [6.07, 6.45) is 1.13. The number of rotatable bonds is 2.